The molecule has 0 radical (unpaired) electrons. The standard InChI is InChI=1S/C12H19N/c1-4-6-7-10(3)12-8-11(5-2)9-13-12/h6,10-11H,1,5,7-9H2,2-3H3. The Morgan fingerprint density at radius 1 is 1.77 bits per heavy atom. The molecular weight excluding hydrogens is 158 g/mol. The van der Waals surface area contributed by atoms with Crippen LogP contribution in [0.15, 0.2) is 23.4 Å². The summed E-state index contributed by atoms with van der Waals surface area (Å²) in [6.07, 6.45) is 5.52. The molecule has 0 amide bonds. The largest absolute Gasteiger partial charge is 0.294 e. The van der Waals surface area contributed by atoms with Crippen LogP contribution < -0.4 is 0 Å². The van der Waals surface area contributed by atoms with E-state index in [1.54, 1.807) is 0 Å². The van der Waals surface area contributed by atoms with Gasteiger partial charge >= 0.3 is 0 Å². The summed E-state index contributed by atoms with van der Waals surface area (Å²) in [4.78, 5) is 4.59. The molecule has 1 heterocycles. The van der Waals surface area contributed by atoms with Gasteiger partial charge in [-0.15, -0.1) is 5.73 Å². The van der Waals surface area contributed by atoms with Crippen molar-refractivity contribution in [2.75, 3.05) is 6.54 Å². The van der Waals surface area contributed by atoms with Gasteiger partial charge in [0.1, 0.15) is 0 Å². The summed E-state index contributed by atoms with van der Waals surface area (Å²) < 4.78 is 0. The van der Waals surface area contributed by atoms with E-state index in [0.29, 0.717) is 5.92 Å². The maximum atomic E-state index is 4.59. The lowest BCUT2D eigenvalue weighted by atomic mass is 9.94. The Morgan fingerprint density at radius 2 is 2.54 bits per heavy atom. The molecule has 1 nitrogen and oxygen atoms in total. The normalized spacial score (nSPS) is 23.5. The fourth-order valence-electron chi connectivity index (χ4n) is 1.70. The second-order valence-electron chi connectivity index (χ2n) is 3.86. The molecule has 0 N–H and O–H groups in total. The van der Waals surface area contributed by atoms with Gasteiger partial charge in [0.05, 0.1) is 0 Å². The van der Waals surface area contributed by atoms with E-state index >= 15 is 0 Å². The van der Waals surface area contributed by atoms with Crippen molar-refractivity contribution in [2.24, 2.45) is 16.8 Å². The average Bonchev–Trinajstić information content (AvgIpc) is 2.62. The lowest BCUT2D eigenvalue weighted by Gasteiger charge is -2.09. The van der Waals surface area contributed by atoms with Crippen LogP contribution in [0.4, 0.5) is 0 Å². The summed E-state index contributed by atoms with van der Waals surface area (Å²) in [6, 6.07) is 0. The average molecular weight is 177 g/mol. The van der Waals surface area contributed by atoms with E-state index in [2.05, 4.69) is 31.2 Å². The SMILES string of the molecule is C=C=CCC(C)C1=NCC(CC)C1. The zero-order chi connectivity index (χ0) is 9.68. The Labute approximate surface area is 81.3 Å². The first-order valence-corrected chi connectivity index (χ1v) is 5.15. The summed E-state index contributed by atoms with van der Waals surface area (Å²) in [7, 11) is 0. The molecule has 0 bridgehead atoms. The first-order valence-electron chi connectivity index (χ1n) is 5.15. The van der Waals surface area contributed by atoms with Crippen LogP contribution in [0.2, 0.25) is 0 Å². The second kappa shape index (κ2) is 5.04. The third-order valence-electron chi connectivity index (χ3n) is 2.81. The smallest absolute Gasteiger partial charge is 0.0420 e. The number of hydrogen-bond donors (Lipinski definition) is 0. The first-order chi connectivity index (χ1) is 6.27. The zero-order valence-corrected chi connectivity index (χ0v) is 8.71. The van der Waals surface area contributed by atoms with E-state index in [1.807, 2.05) is 6.08 Å². The molecule has 13 heavy (non-hydrogen) atoms. The second-order valence-corrected chi connectivity index (χ2v) is 3.86. The number of allylic oxidation sites excluding steroid dienone is 1. The molecule has 1 aliphatic rings. The maximum absolute atomic E-state index is 4.59. The topological polar surface area (TPSA) is 12.4 Å². The molecule has 0 aromatic rings. The van der Waals surface area contributed by atoms with Crippen LogP contribution in [0.1, 0.15) is 33.1 Å². The van der Waals surface area contributed by atoms with Crippen molar-refractivity contribution >= 4 is 5.71 Å². The van der Waals surface area contributed by atoms with Crippen LogP contribution in [0.25, 0.3) is 0 Å². The van der Waals surface area contributed by atoms with Crippen molar-refractivity contribution in [3.63, 3.8) is 0 Å². The predicted molar refractivity (Wildman–Crippen MR) is 58.2 cm³/mol. The predicted octanol–water partition coefficient (Wildman–Crippen LogP) is 3.22. The molecule has 0 aliphatic carbocycles. The highest BCUT2D eigenvalue weighted by atomic mass is 14.8. The molecule has 1 heteroatoms. The lowest BCUT2D eigenvalue weighted by Crippen LogP contribution is -2.09. The fraction of sp³-hybridized carbons (Fsp3) is 0.667. The molecule has 2 unspecified atom stereocenters. The summed E-state index contributed by atoms with van der Waals surface area (Å²) in [6.45, 7) is 9.11. The van der Waals surface area contributed by atoms with Gasteiger partial charge in [-0.3, -0.25) is 4.99 Å². The van der Waals surface area contributed by atoms with Crippen molar-refractivity contribution in [3.8, 4) is 0 Å². The number of aliphatic imine (C=N–C) groups is 1. The lowest BCUT2D eigenvalue weighted by molar-refractivity contribution is 0.568. The molecule has 2 atom stereocenters. The molecule has 1 aliphatic heterocycles. The Bertz CT molecular complexity index is 234. The van der Waals surface area contributed by atoms with E-state index < -0.39 is 0 Å². The summed E-state index contributed by atoms with van der Waals surface area (Å²) in [5.74, 6) is 1.40. The van der Waals surface area contributed by atoms with Crippen LogP contribution in [-0.2, 0) is 0 Å². The van der Waals surface area contributed by atoms with Crippen molar-refractivity contribution in [1.82, 2.24) is 0 Å². The van der Waals surface area contributed by atoms with E-state index in [0.717, 1.165) is 18.9 Å². The van der Waals surface area contributed by atoms with Crippen LogP contribution in [0.3, 0.4) is 0 Å². The van der Waals surface area contributed by atoms with Gasteiger partial charge in [0, 0.05) is 12.3 Å². The van der Waals surface area contributed by atoms with Gasteiger partial charge in [0.2, 0.25) is 0 Å². The highest BCUT2D eigenvalue weighted by Gasteiger charge is 2.20. The molecular formula is C12H19N. The third-order valence-corrected chi connectivity index (χ3v) is 2.81. The number of hydrogen-bond acceptors (Lipinski definition) is 1. The van der Waals surface area contributed by atoms with Crippen LogP contribution in [0, 0.1) is 11.8 Å². The van der Waals surface area contributed by atoms with E-state index in [4.69, 9.17) is 0 Å². The molecule has 0 saturated carbocycles. The minimum atomic E-state index is 0.589. The van der Waals surface area contributed by atoms with Gasteiger partial charge in [-0.05, 0) is 30.8 Å². The Balaban J connectivity index is 2.40. The van der Waals surface area contributed by atoms with Crippen LogP contribution >= 0.6 is 0 Å². The van der Waals surface area contributed by atoms with Gasteiger partial charge < -0.3 is 0 Å². The molecule has 0 saturated heterocycles. The minimum Gasteiger partial charge on any atom is -0.294 e. The number of rotatable bonds is 4. The summed E-state index contributed by atoms with van der Waals surface area (Å²) in [5, 5.41) is 0. The van der Waals surface area contributed by atoms with Gasteiger partial charge in [0.15, 0.2) is 0 Å². The van der Waals surface area contributed by atoms with E-state index in [9.17, 15) is 0 Å². The Hall–Kier alpha value is -0.810. The van der Waals surface area contributed by atoms with Crippen molar-refractivity contribution in [1.29, 1.82) is 0 Å². The van der Waals surface area contributed by atoms with Crippen LogP contribution in [0.5, 0.6) is 0 Å². The van der Waals surface area contributed by atoms with Gasteiger partial charge in [0.25, 0.3) is 0 Å². The van der Waals surface area contributed by atoms with E-state index in [-0.39, 0.29) is 0 Å². The van der Waals surface area contributed by atoms with Gasteiger partial charge in [-0.25, -0.2) is 0 Å². The molecule has 0 aromatic heterocycles. The maximum Gasteiger partial charge on any atom is 0.0420 e. The van der Waals surface area contributed by atoms with Crippen molar-refractivity contribution in [3.05, 3.63) is 18.4 Å². The fourth-order valence-corrected chi connectivity index (χ4v) is 1.70. The highest BCUT2D eigenvalue weighted by Crippen LogP contribution is 2.22. The minimum absolute atomic E-state index is 0.589. The Kier molecular flexibility index (Phi) is 3.98. The summed E-state index contributed by atoms with van der Waals surface area (Å²) >= 11 is 0. The van der Waals surface area contributed by atoms with E-state index in [1.165, 1.54) is 18.6 Å². The molecule has 72 valence electrons. The molecule has 1 rings (SSSR count). The van der Waals surface area contributed by atoms with Gasteiger partial charge in [-0.2, -0.15) is 0 Å². The molecule has 0 spiro atoms. The summed E-state index contributed by atoms with van der Waals surface area (Å²) in [5.41, 5.74) is 4.22. The van der Waals surface area contributed by atoms with Crippen LogP contribution in [-0.4, -0.2) is 12.3 Å². The zero-order valence-electron chi connectivity index (χ0n) is 8.71. The monoisotopic (exact) mass is 177 g/mol. The number of nitrogens with zero attached hydrogens (tertiary/aromatic N) is 1. The quantitative estimate of drug-likeness (QED) is 0.585. The third kappa shape index (κ3) is 2.86. The van der Waals surface area contributed by atoms with Crippen molar-refractivity contribution in [2.45, 2.75) is 33.1 Å². The highest BCUT2D eigenvalue weighted by molar-refractivity contribution is 5.88. The molecule has 0 fully saturated rings. The molecule has 0 aromatic carbocycles. The first kappa shape index (κ1) is 10.3. The van der Waals surface area contributed by atoms with Gasteiger partial charge in [-0.1, -0.05) is 26.8 Å². The van der Waals surface area contributed by atoms with Crippen molar-refractivity contribution < 1.29 is 0 Å². The Morgan fingerprint density at radius 3 is 3.08 bits per heavy atom.